The summed E-state index contributed by atoms with van der Waals surface area (Å²) in [7, 11) is 1.15. The van der Waals surface area contributed by atoms with Gasteiger partial charge in [0.05, 0.1) is 7.11 Å². The average molecular weight is 300 g/mol. The molecule has 0 saturated carbocycles. The van der Waals surface area contributed by atoms with Crippen LogP contribution < -0.4 is 5.32 Å². The SMILES string of the molecule is COC(=O)C(NC(=O)OC(C)(C)C)[C@@H](O)c1cc(C)on1. The summed E-state index contributed by atoms with van der Waals surface area (Å²) in [6.07, 6.45) is -2.26. The molecular formula is C13H20N2O6. The third-order valence-corrected chi connectivity index (χ3v) is 2.39. The molecule has 0 fully saturated rings. The van der Waals surface area contributed by atoms with Gasteiger partial charge in [0, 0.05) is 6.07 Å². The van der Waals surface area contributed by atoms with Crippen LogP contribution in [0.15, 0.2) is 10.6 Å². The highest BCUT2D eigenvalue weighted by atomic mass is 16.6. The summed E-state index contributed by atoms with van der Waals surface area (Å²) in [5.74, 6) is -0.362. The Hall–Kier alpha value is -2.09. The van der Waals surface area contributed by atoms with Gasteiger partial charge in [-0.2, -0.15) is 0 Å². The van der Waals surface area contributed by atoms with Crippen molar-refractivity contribution in [2.75, 3.05) is 7.11 Å². The van der Waals surface area contributed by atoms with E-state index >= 15 is 0 Å². The van der Waals surface area contributed by atoms with Crippen LogP contribution in [-0.2, 0) is 14.3 Å². The number of aromatic nitrogens is 1. The van der Waals surface area contributed by atoms with E-state index in [-0.39, 0.29) is 5.69 Å². The Balaban J connectivity index is 2.86. The molecule has 118 valence electrons. The second-order valence-electron chi connectivity index (χ2n) is 5.45. The van der Waals surface area contributed by atoms with Crippen molar-refractivity contribution in [2.24, 2.45) is 0 Å². The number of hydrogen-bond donors (Lipinski definition) is 2. The Labute approximate surface area is 122 Å². The number of esters is 1. The van der Waals surface area contributed by atoms with Gasteiger partial charge in [-0.15, -0.1) is 0 Å². The Morgan fingerprint density at radius 1 is 1.43 bits per heavy atom. The molecule has 1 aromatic heterocycles. The predicted octanol–water partition coefficient (Wildman–Crippen LogP) is 1.08. The van der Waals surface area contributed by atoms with Crippen LogP contribution in [0.1, 0.15) is 38.3 Å². The number of carbonyl (C=O) groups excluding carboxylic acids is 2. The standard InChI is InChI=1S/C13H20N2O6/c1-7-6-8(15-21-7)10(16)9(11(17)19-5)14-12(18)20-13(2,3)4/h6,9-10,16H,1-5H3,(H,14,18)/t9?,10-/m0/s1. The molecule has 0 spiro atoms. The normalized spacial score (nSPS) is 14.2. The van der Waals surface area contributed by atoms with E-state index in [2.05, 4.69) is 15.2 Å². The molecule has 1 heterocycles. The fraction of sp³-hybridized carbons (Fsp3) is 0.615. The molecular weight excluding hydrogens is 280 g/mol. The maximum absolute atomic E-state index is 11.7. The minimum absolute atomic E-state index is 0.110. The summed E-state index contributed by atoms with van der Waals surface area (Å²) in [6, 6.07) is 0.103. The van der Waals surface area contributed by atoms with Gasteiger partial charge in [0.15, 0.2) is 6.04 Å². The summed E-state index contributed by atoms with van der Waals surface area (Å²) >= 11 is 0. The van der Waals surface area contributed by atoms with Crippen molar-refractivity contribution in [2.45, 2.75) is 45.4 Å². The topological polar surface area (TPSA) is 111 Å². The smallest absolute Gasteiger partial charge is 0.408 e. The van der Waals surface area contributed by atoms with Crippen molar-refractivity contribution in [1.82, 2.24) is 10.5 Å². The van der Waals surface area contributed by atoms with Crippen molar-refractivity contribution < 1.29 is 28.7 Å². The molecule has 8 heteroatoms. The summed E-state index contributed by atoms with van der Waals surface area (Å²) in [5.41, 5.74) is -0.626. The summed E-state index contributed by atoms with van der Waals surface area (Å²) in [6.45, 7) is 6.67. The number of aryl methyl sites for hydroxylation is 1. The molecule has 0 bridgehead atoms. The molecule has 0 aromatic carbocycles. The number of hydrogen-bond acceptors (Lipinski definition) is 7. The third-order valence-electron chi connectivity index (χ3n) is 2.39. The first-order valence-corrected chi connectivity index (χ1v) is 6.32. The Morgan fingerprint density at radius 3 is 2.48 bits per heavy atom. The van der Waals surface area contributed by atoms with Crippen LogP contribution in [0.2, 0.25) is 0 Å². The van der Waals surface area contributed by atoms with Crippen LogP contribution in [0.25, 0.3) is 0 Å². The van der Waals surface area contributed by atoms with Gasteiger partial charge in [0.25, 0.3) is 0 Å². The molecule has 21 heavy (non-hydrogen) atoms. The molecule has 1 aromatic rings. The van der Waals surface area contributed by atoms with Crippen LogP contribution in [0.3, 0.4) is 0 Å². The molecule has 1 rings (SSSR count). The number of amides is 1. The predicted molar refractivity (Wildman–Crippen MR) is 71.4 cm³/mol. The Morgan fingerprint density at radius 2 is 2.05 bits per heavy atom. The van der Waals surface area contributed by atoms with E-state index < -0.39 is 29.8 Å². The fourth-order valence-corrected chi connectivity index (χ4v) is 1.52. The maximum atomic E-state index is 11.7. The number of aliphatic hydroxyl groups excluding tert-OH is 1. The van der Waals surface area contributed by atoms with E-state index in [0.29, 0.717) is 5.76 Å². The quantitative estimate of drug-likeness (QED) is 0.800. The number of aliphatic hydroxyl groups is 1. The van der Waals surface area contributed by atoms with Crippen LogP contribution in [-0.4, -0.2) is 41.1 Å². The van der Waals surface area contributed by atoms with Crippen LogP contribution in [0.5, 0.6) is 0 Å². The van der Waals surface area contributed by atoms with Gasteiger partial charge in [-0.25, -0.2) is 9.59 Å². The number of nitrogens with one attached hydrogen (secondary N) is 1. The number of rotatable bonds is 4. The van der Waals surface area contributed by atoms with E-state index in [1.807, 2.05) is 0 Å². The van der Waals surface area contributed by atoms with Gasteiger partial charge < -0.3 is 24.4 Å². The molecule has 0 aliphatic rings. The number of nitrogens with zero attached hydrogens (tertiary/aromatic N) is 1. The van der Waals surface area contributed by atoms with Gasteiger partial charge in [0.2, 0.25) is 0 Å². The zero-order chi connectivity index (χ0) is 16.2. The molecule has 0 radical (unpaired) electrons. The van der Waals surface area contributed by atoms with Crippen molar-refractivity contribution in [1.29, 1.82) is 0 Å². The minimum atomic E-state index is -1.41. The van der Waals surface area contributed by atoms with E-state index in [1.54, 1.807) is 27.7 Å². The molecule has 0 saturated heterocycles. The third kappa shape index (κ3) is 5.07. The molecule has 1 unspecified atom stereocenters. The highest BCUT2D eigenvalue weighted by Crippen LogP contribution is 2.18. The Bertz CT molecular complexity index is 505. The molecule has 0 aliphatic heterocycles. The maximum Gasteiger partial charge on any atom is 0.408 e. The van der Waals surface area contributed by atoms with Crippen molar-refractivity contribution >= 4 is 12.1 Å². The van der Waals surface area contributed by atoms with Crippen LogP contribution >= 0.6 is 0 Å². The second-order valence-corrected chi connectivity index (χ2v) is 5.45. The van der Waals surface area contributed by atoms with Gasteiger partial charge >= 0.3 is 12.1 Å². The minimum Gasteiger partial charge on any atom is -0.467 e. The number of carbonyl (C=O) groups is 2. The van der Waals surface area contributed by atoms with Crippen LogP contribution in [0.4, 0.5) is 4.79 Å². The van der Waals surface area contributed by atoms with Gasteiger partial charge in [0.1, 0.15) is 23.2 Å². The first kappa shape index (κ1) is 17.0. The zero-order valence-corrected chi connectivity index (χ0v) is 12.7. The van der Waals surface area contributed by atoms with E-state index in [9.17, 15) is 14.7 Å². The number of alkyl carbamates (subject to hydrolysis) is 1. The van der Waals surface area contributed by atoms with Gasteiger partial charge in [-0.3, -0.25) is 0 Å². The van der Waals surface area contributed by atoms with Crippen molar-refractivity contribution in [3.63, 3.8) is 0 Å². The number of ether oxygens (including phenoxy) is 2. The fourth-order valence-electron chi connectivity index (χ4n) is 1.52. The summed E-state index contributed by atoms with van der Waals surface area (Å²) in [5, 5.41) is 16.0. The number of methoxy groups -OCH3 is 1. The first-order valence-electron chi connectivity index (χ1n) is 6.32. The molecule has 1 amide bonds. The summed E-state index contributed by atoms with van der Waals surface area (Å²) < 4.78 is 14.4. The molecule has 8 nitrogen and oxygen atoms in total. The van der Waals surface area contributed by atoms with Crippen molar-refractivity contribution in [3.8, 4) is 0 Å². The van der Waals surface area contributed by atoms with Crippen molar-refractivity contribution in [3.05, 3.63) is 17.5 Å². The highest BCUT2D eigenvalue weighted by molar-refractivity contribution is 5.82. The summed E-state index contributed by atoms with van der Waals surface area (Å²) in [4.78, 5) is 23.5. The molecule has 0 aliphatic carbocycles. The van der Waals surface area contributed by atoms with E-state index in [4.69, 9.17) is 9.26 Å². The van der Waals surface area contributed by atoms with Crippen LogP contribution in [0, 0.1) is 6.92 Å². The average Bonchev–Trinajstić information content (AvgIpc) is 2.79. The second kappa shape index (κ2) is 6.57. The lowest BCUT2D eigenvalue weighted by atomic mass is 10.1. The van der Waals surface area contributed by atoms with Gasteiger partial charge in [-0.05, 0) is 27.7 Å². The zero-order valence-electron chi connectivity index (χ0n) is 12.7. The Kier molecular flexibility index (Phi) is 5.31. The first-order chi connectivity index (χ1) is 9.64. The highest BCUT2D eigenvalue weighted by Gasteiger charge is 2.34. The monoisotopic (exact) mass is 300 g/mol. The van der Waals surface area contributed by atoms with Gasteiger partial charge in [-0.1, -0.05) is 5.16 Å². The lowest BCUT2D eigenvalue weighted by molar-refractivity contribution is -0.146. The lowest BCUT2D eigenvalue weighted by Crippen LogP contribution is -2.47. The largest absolute Gasteiger partial charge is 0.467 e. The van der Waals surface area contributed by atoms with E-state index in [0.717, 1.165) is 7.11 Å². The van der Waals surface area contributed by atoms with E-state index in [1.165, 1.54) is 6.07 Å². The molecule has 2 N–H and O–H groups in total. The molecule has 2 atom stereocenters. The lowest BCUT2D eigenvalue weighted by Gasteiger charge is -2.24.